The molecule has 27 heavy (non-hydrogen) atoms. The molecule has 1 N–H and O–H groups in total. The molecule has 2 aromatic rings. The molecule has 0 bridgehead atoms. The molecule has 7 nitrogen and oxygen atoms in total. The third kappa shape index (κ3) is 3.26. The first kappa shape index (κ1) is 17.5. The number of piperazine rings is 1. The number of anilines is 1. The second-order valence-corrected chi connectivity index (χ2v) is 7.11. The number of carbonyl (C=O) groups is 2. The molecule has 3 heterocycles. The third-order valence-electron chi connectivity index (χ3n) is 5.37. The van der Waals surface area contributed by atoms with Gasteiger partial charge in [0.1, 0.15) is 5.54 Å². The first-order chi connectivity index (χ1) is 13.1. The van der Waals surface area contributed by atoms with Crippen LogP contribution in [0.2, 0.25) is 0 Å². The van der Waals surface area contributed by atoms with Crippen molar-refractivity contribution >= 4 is 17.6 Å². The van der Waals surface area contributed by atoms with Gasteiger partial charge in [-0.3, -0.25) is 14.7 Å². The zero-order valence-corrected chi connectivity index (χ0v) is 15.3. The van der Waals surface area contributed by atoms with Crippen LogP contribution in [0, 0.1) is 0 Å². The highest BCUT2D eigenvalue weighted by Crippen LogP contribution is 2.28. The normalized spacial score (nSPS) is 23.6. The summed E-state index contributed by atoms with van der Waals surface area (Å²) in [5.41, 5.74) is 0.946. The standard InChI is InChI=1S/C20H23N5O2/c1-20(16-5-3-2-4-6-16)18(26)25(19(27)22-20)15-23-11-13-24(14-12-23)17-7-9-21-10-8-17/h2-10H,11-15H2,1H3,(H,22,27)/t20-/m1/s1. The highest BCUT2D eigenvalue weighted by molar-refractivity contribution is 6.07. The number of nitrogens with zero attached hydrogens (tertiary/aromatic N) is 4. The van der Waals surface area contributed by atoms with Gasteiger partial charge in [0.05, 0.1) is 6.67 Å². The van der Waals surface area contributed by atoms with E-state index in [-0.39, 0.29) is 11.9 Å². The second-order valence-electron chi connectivity index (χ2n) is 7.11. The van der Waals surface area contributed by atoms with E-state index in [1.54, 1.807) is 19.3 Å². The first-order valence-electron chi connectivity index (χ1n) is 9.15. The van der Waals surface area contributed by atoms with Crippen LogP contribution in [0.5, 0.6) is 0 Å². The number of carbonyl (C=O) groups excluding carboxylic acids is 2. The van der Waals surface area contributed by atoms with Crippen molar-refractivity contribution in [2.24, 2.45) is 0 Å². The van der Waals surface area contributed by atoms with Gasteiger partial charge in [-0.25, -0.2) is 9.69 Å². The minimum absolute atomic E-state index is 0.199. The molecule has 0 aliphatic carbocycles. The summed E-state index contributed by atoms with van der Waals surface area (Å²) in [5, 5.41) is 2.86. The van der Waals surface area contributed by atoms with E-state index in [4.69, 9.17) is 0 Å². The molecule has 2 fully saturated rings. The van der Waals surface area contributed by atoms with Crippen LogP contribution in [-0.4, -0.2) is 59.6 Å². The van der Waals surface area contributed by atoms with Crippen LogP contribution in [-0.2, 0) is 10.3 Å². The van der Waals surface area contributed by atoms with E-state index in [0.29, 0.717) is 6.67 Å². The number of pyridine rings is 1. The number of amides is 3. The molecule has 1 atom stereocenters. The smallest absolute Gasteiger partial charge is 0.326 e. The zero-order chi connectivity index (χ0) is 18.9. The molecule has 2 saturated heterocycles. The van der Waals surface area contributed by atoms with Crippen molar-refractivity contribution in [2.75, 3.05) is 37.7 Å². The fraction of sp³-hybridized carbons (Fsp3) is 0.350. The van der Waals surface area contributed by atoms with Crippen molar-refractivity contribution in [3.8, 4) is 0 Å². The van der Waals surface area contributed by atoms with Crippen molar-refractivity contribution in [2.45, 2.75) is 12.5 Å². The lowest BCUT2D eigenvalue weighted by Crippen LogP contribution is -2.51. The lowest BCUT2D eigenvalue weighted by atomic mass is 9.92. The summed E-state index contributed by atoms with van der Waals surface area (Å²) in [6.45, 7) is 5.37. The quantitative estimate of drug-likeness (QED) is 0.834. The SMILES string of the molecule is C[C@]1(c2ccccc2)NC(=O)N(CN2CCN(c3ccncc3)CC2)C1=O. The van der Waals surface area contributed by atoms with Gasteiger partial charge in [0.25, 0.3) is 5.91 Å². The Morgan fingerprint density at radius 1 is 1.00 bits per heavy atom. The van der Waals surface area contributed by atoms with Crippen LogP contribution in [0.3, 0.4) is 0 Å². The number of imide groups is 1. The van der Waals surface area contributed by atoms with Gasteiger partial charge in [0, 0.05) is 44.3 Å². The van der Waals surface area contributed by atoms with Gasteiger partial charge in [-0.15, -0.1) is 0 Å². The largest absolute Gasteiger partial charge is 0.369 e. The number of rotatable bonds is 4. The molecule has 0 unspecified atom stereocenters. The van der Waals surface area contributed by atoms with Gasteiger partial charge < -0.3 is 10.2 Å². The molecule has 2 aliphatic heterocycles. The second kappa shape index (κ2) is 7.00. The van der Waals surface area contributed by atoms with Crippen LogP contribution >= 0.6 is 0 Å². The number of hydrogen-bond donors (Lipinski definition) is 1. The van der Waals surface area contributed by atoms with Crippen molar-refractivity contribution in [1.29, 1.82) is 0 Å². The number of benzene rings is 1. The van der Waals surface area contributed by atoms with Gasteiger partial charge >= 0.3 is 6.03 Å². The maximum Gasteiger partial charge on any atom is 0.326 e. The predicted octanol–water partition coefficient (Wildman–Crippen LogP) is 1.63. The maximum atomic E-state index is 13.0. The summed E-state index contributed by atoms with van der Waals surface area (Å²) in [6.07, 6.45) is 3.58. The van der Waals surface area contributed by atoms with E-state index in [2.05, 4.69) is 20.1 Å². The number of hydrogen-bond acceptors (Lipinski definition) is 5. The molecule has 140 valence electrons. The molecular weight excluding hydrogens is 342 g/mol. The minimum Gasteiger partial charge on any atom is -0.369 e. The number of urea groups is 1. The average molecular weight is 365 g/mol. The summed E-state index contributed by atoms with van der Waals surface area (Å²) in [5.74, 6) is -0.199. The Labute approximate surface area is 158 Å². The third-order valence-corrected chi connectivity index (χ3v) is 5.37. The molecule has 4 rings (SSSR count). The Hall–Kier alpha value is -2.93. The zero-order valence-electron chi connectivity index (χ0n) is 15.3. The van der Waals surface area contributed by atoms with Crippen LogP contribution in [0.4, 0.5) is 10.5 Å². The Bertz CT molecular complexity index is 821. The molecular formula is C20H23N5O2. The molecule has 0 radical (unpaired) electrons. The molecule has 3 amide bonds. The van der Waals surface area contributed by atoms with Gasteiger partial charge in [-0.05, 0) is 24.6 Å². The molecule has 7 heteroatoms. The Balaban J connectivity index is 1.40. The summed E-state index contributed by atoms with van der Waals surface area (Å²) >= 11 is 0. The van der Waals surface area contributed by atoms with E-state index < -0.39 is 5.54 Å². The lowest BCUT2D eigenvalue weighted by molar-refractivity contribution is -0.132. The fourth-order valence-corrected chi connectivity index (χ4v) is 3.69. The van der Waals surface area contributed by atoms with Gasteiger partial charge in [-0.2, -0.15) is 0 Å². The summed E-state index contributed by atoms with van der Waals surface area (Å²) in [7, 11) is 0. The van der Waals surface area contributed by atoms with E-state index in [1.807, 2.05) is 42.5 Å². The van der Waals surface area contributed by atoms with E-state index in [9.17, 15) is 9.59 Å². The van der Waals surface area contributed by atoms with Crippen LogP contribution in [0.25, 0.3) is 0 Å². The van der Waals surface area contributed by atoms with Crippen molar-refractivity contribution < 1.29 is 9.59 Å². The molecule has 1 aromatic carbocycles. The fourth-order valence-electron chi connectivity index (χ4n) is 3.69. The Morgan fingerprint density at radius 3 is 2.33 bits per heavy atom. The van der Waals surface area contributed by atoms with E-state index in [1.165, 1.54) is 4.90 Å². The number of aromatic nitrogens is 1. The minimum atomic E-state index is -1.00. The highest BCUT2D eigenvalue weighted by Gasteiger charge is 2.49. The van der Waals surface area contributed by atoms with Crippen LogP contribution < -0.4 is 10.2 Å². The Kier molecular flexibility index (Phi) is 4.53. The highest BCUT2D eigenvalue weighted by atomic mass is 16.2. The first-order valence-corrected chi connectivity index (χ1v) is 9.15. The molecule has 1 aromatic heterocycles. The van der Waals surface area contributed by atoms with E-state index in [0.717, 1.165) is 37.4 Å². The lowest BCUT2D eigenvalue weighted by Gasteiger charge is -2.37. The topological polar surface area (TPSA) is 68.8 Å². The van der Waals surface area contributed by atoms with Crippen molar-refractivity contribution in [3.05, 3.63) is 60.4 Å². The molecule has 0 spiro atoms. The van der Waals surface area contributed by atoms with Gasteiger partial charge in [0.15, 0.2) is 0 Å². The summed E-state index contributed by atoms with van der Waals surface area (Å²) in [6, 6.07) is 13.1. The predicted molar refractivity (Wildman–Crippen MR) is 102 cm³/mol. The Morgan fingerprint density at radius 2 is 1.67 bits per heavy atom. The van der Waals surface area contributed by atoms with Crippen LogP contribution in [0.1, 0.15) is 12.5 Å². The number of nitrogens with one attached hydrogen (secondary N) is 1. The van der Waals surface area contributed by atoms with Crippen LogP contribution in [0.15, 0.2) is 54.9 Å². The van der Waals surface area contributed by atoms with E-state index >= 15 is 0 Å². The van der Waals surface area contributed by atoms with Crippen molar-refractivity contribution in [3.63, 3.8) is 0 Å². The summed E-state index contributed by atoms with van der Waals surface area (Å²) in [4.78, 5) is 35.3. The summed E-state index contributed by atoms with van der Waals surface area (Å²) < 4.78 is 0. The monoisotopic (exact) mass is 365 g/mol. The maximum absolute atomic E-state index is 13.0. The van der Waals surface area contributed by atoms with Gasteiger partial charge in [0.2, 0.25) is 0 Å². The van der Waals surface area contributed by atoms with Gasteiger partial charge in [-0.1, -0.05) is 30.3 Å². The average Bonchev–Trinajstić information content (AvgIpc) is 2.94. The van der Waals surface area contributed by atoms with Crippen molar-refractivity contribution in [1.82, 2.24) is 20.1 Å². The molecule has 0 saturated carbocycles. The molecule has 2 aliphatic rings.